The highest BCUT2D eigenvalue weighted by atomic mass is 16.5. The highest BCUT2D eigenvalue weighted by Crippen LogP contribution is 2.16. The molecule has 0 bridgehead atoms. The van der Waals surface area contributed by atoms with Crippen molar-refractivity contribution in [2.24, 2.45) is 0 Å². The molecule has 0 saturated carbocycles. The zero-order chi connectivity index (χ0) is 12.3. The molecule has 2 rings (SSSR count). The van der Waals surface area contributed by atoms with E-state index in [4.69, 9.17) is 9.84 Å². The summed E-state index contributed by atoms with van der Waals surface area (Å²) in [4.78, 5) is 15.2. The van der Waals surface area contributed by atoms with E-state index in [2.05, 4.69) is 4.98 Å². The summed E-state index contributed by atoms with van der Waals surface area (Å²) in [6.07, 6.45) is 0. The van der Waals surface area contributed by atoms with Gasteiger partial charge in [-0.15, -0.1) is 0 Å². The quantitative estimate of drug-likeness (QED) is 0.854. The van der Waals surface area contributed by atoms with Gasteiger partial charge in [0, 0.05) is 6.61 Å². The standard InChI is InChI=1S/C12H14N2O3/c1-2-17-8-11-13-9-5-3-4-6-10(9)14(11)7-12(15)16/h3-6H,2,7-8H2,1H3,(H,15,16). The number of para-hydroxylation sites is 2. The van der Waals surface area contributed by atoms with Crippen LogP contribution in [0.15, 0.2) is 24.3 Å². The van der Waals surface area contributed by atoms with Crippen LogP contribution in [0.2, 0.25) is 0 Å². The summed E-state index contributed by atoms with van der Waals surface area (Å²) in [5, 5.41) is 8.91. The Balaban J connectivity index is 2.44. The third kappa shape index (κ3) is 2.45. The fourth-order valence-corrected chi connectivity index (χ4v) is 1.74. The lowest BCUT2D eigenvalue weighted by Gasteiger charge is -2.05. The van der Waals surface area contributed by atoms with Crippen LogP contribution in [0.25, 0.3) is 11.0 Å². The number of carboxylic acid groups (broad SMARTS) is 1. The van der Waals surface area contributed by atoms with Gasteiger partial charge in [0.1, 0.15) is 19.0 Å². The normalized spacial score (nSPS) is 10.9. The predicted octanol–water partition coefficient (Wildman–Crippen LogP) is 1.66. The summed E-state index contributed by atoms with van der Waals surface area (Å²) in [6, 6.07) is 7.47. The molecule has 1 N–H and O–H groups in total. The first kappa shape index (κ1) is 11.6. The van der Waals surface area contributed by atoms with Crippen molar-refractivity contribution in [2.45, 2.75) is 20.1 Å². The van der Waals surface area contributed by atoms with Crippen molar-refractivity contribution >= 4 is 17.0 Å². The Morgan fingerprint density at radius 1 is 1.47 bits per heavy atom. The fourth-order valence-electron chi connectivity index (χ4n) is 1.74. The van der Waals surface area contributed by atoms with Crippen molar-refractivity contribution in [1.82, 2.24) is 9.55 Å². The molecule has 90 valence electrons. The molecule has 1 aromatic heterocycles. The molecule has 0 saturated heterocycles. The second-order valence-electron chi connectivity index (χ2n) is 3.63. The number of fused-ring (bicyclic) bond motifs is 1. The van der Waals surface area contributed by atoms with Gasteiger partial charge >= 0.3 is 5.97 Å². The molecule has 0 fully saturated rings. The summed E-state index contributed by atoms with van der Waals surface area (Å²) < 4.78 is 6.97. The second-order valence-corrected chi connectivity index (χ2v) is 3.63. The average molecular weight is 234 g/mol. The van der Waals surface area contributed by atoms with E-state index in [1.807, 2.05) is 31.2 Å². The Labute approximate surface area is 98.6 Å². The lowest BCUT2D eigenvalue weighted by atomic mass is 10.3. The maximum Gasteiger partial charge on any atom is 0.323 e. The van der Waals surface area contributed by atoms with Crippen molar-refractivity contribution < 1.29 is 14.6 Å². The first-order valence-electron chi connectivity index (χ1n) is 5.46. The molecule has 17 heavy (non-hydrogen) atoms. The highest BCUT2D eigenvalue weighted by Gasteiger charge is 2.12. The minimum Gasteiger partial charge on any atom is -0.480 e. The first-order valence-corrected chi connectivity index (χ1v) is 5.46. The number of imidazole rings is 1. The van der Waals surface area contributed by atoms with Gasteiger partial charge in [0.2, 0.25) is 0 Å². The van der Waals surface area contributed by atoms with Gasteiger partial charge in [-0.2, -0.15) is 0 Å². The number of nitrogens with zero attached hydrogens (tertiary/aromatic N) is 2. The van der Waals surface area contributed by atoms with Crippen LogP contribution in [0, 0.1) is 0 Å². The molecule has 1 aromatic carbocycles. The molecule has 0 aliphatic carbocycles. The highest BCUT2D eigenvalue weighted by molar-refractivity contribution is 5.78. The van der Waals surface area contributed by atoms with E-state index in [1.54, 1.807) is 4.57 Å². The van der Waals surface area contributed by atoms with Gasteiger partial charge in [-0.05, 0) is 19.1 Å². The van der Waals surface area contributed by atoms with Gasteiger partial charge in [-0.1, -0.05) is 12.1 Å². The molecule has 0 spiro atoms. The number of aromatic nitrogens is 2. The van der Waals surface area contributed by atoms with Crippen molar-refractivity contribution in [3.8, 4) is 0 Å². The van der Waals surface area contributed by atoms with Gasteiger partial charge in [0.05, 0.1) is 11.0 Å². The molecule has 0 aliphatic rings. The zero-order valence-electron chi connectivity index (χ0n) is 9.59. The van der Waals surface area contributed by atoms with Crippen LogP contribution in [0.1, 0.15) is 12.7 Å². The minimum atomic E-state index is -0.883. The van der Waals surface area contributed by atoms with E-state index in [-0.39, 0.29) is 6.54 Å². The lowest BCUT2D eigenvalue weighted by Crippen LogP contribution is -2.12. The van der Waals surface area contributed by atoms with E-state index >= 15 is 0 Å². The Morgan fingerprint density at radius 2 is 2.24 bits per heavy atom. The third-order valence-corrected chi connectivity index (χ3v) is 2.46. The fraction of sp³-hybridized carbons (Fsp3) is 0.333. The number of rotatable bonds is 5. The van der Waals surface area contributed by atoms with E-state index in [1.165, 1.54) is 0 Å². The van der Waals surface area contributed by atoms with Crippen LogP contribution >= 0.6 is 0 Å². The summed E-state index contributed by atoms with van der Waals surface area (Å²) in [5.74, 6) is -0.235. The van der Waals surface area contributed by atoms with Gasteiger partial charge < -0.3 is 14.4 Å². The van der Waals surface area contributed by atoms with Crippen molar-refractivity contribution in [1.29, 1.82) is 0 Å². The molecule has 5 nitrogen and oxygen atoms in total. The summed E-state index contributed by atoms with van der Waals surface area (Å²) in [5.41, 5.74) is 1.62. The Hall–Kier alpha value is -1.88. The van der Waals surface area contributed by atoms with E-state index in [0.717, 1.165) is 11.0 Å². The molecular weight excluding hydrogens is 220 g/mol. The average Bonchev–Trinajstić information content (AvgIpc) is 2.64. The molecule has 2 aromatic rings. The number of hydrogen-bond acceptors (Lipinski definition) is 3. The van der Waals surface area contributed by atoms with Crippen molar-refractivity contribution in [2.75, 3.05) is 6.61 Å². The number of aliphatic carboxylic acids is 1. The van der Waals surface area contributed by atoms with Crippen LogP contribution in [0.4, 0.5) is 0 Å². The zero-order valence-corrected chi connectivity index (χ0v) is 9.59. The predicted molar refractivity (Wildman–Crippen MR) is 62.7 cm³/mol. The first-order chi connectivity index (χ1) is 8.22. The number of benzene rings is 1. The monoisotopic (exact) mass is 234 g/mol. The smallest absolute Gasteiger partial charge is 0.323 e. The molecule has 5 heteroatoms. The Morgan fingerprint density at radius 3 is 2.94 bits per heavy atom. The van der Waals surface area contributed by atoms with Crippen LogP contribution in [0.5, 0.6) is 0 Å². The summed E-state index contributed by atoms with van der Waals surface area (Å²) in [7, 11) is 0. The topological polar surface area (TPSA) is 64.4 Å². The second kappa shape index (κ2) is 4.97. The molecule has 0 amide bonds. The number of hydrogen-bond donors (Lipinski definition) is 1. The van der Waals surface area contributed by atoms with Crippen molar-refractivity contribution in [3.63, 3.8) is 0 Å². The largest absolute Gasteiger partial charge is 0.480 e. The Bertz CT molecular complexity index is 534. The van der Waals surface area contributed by atoms with Crippen molar-refractivity contribution in [3.05, 3.63) is 30.1 Å². The van der Waals surface area contributed by atoms with Gasteiger partial charge in [0.25, 0.3) is 0 Å². The number of carbonyl (C=O) groups is 1. The van der Waals surface area contributed by atoms with Crippen LogP contribution < -0.4 is 0 Å². The van der Waals surface area contributed by atoms with Crippen LogP contribution in [-0.4, -0.2) is 27.2 Å². The van der Waals surface area contributed by atoms with E-state index < -0.39 is 5.97 Å². The number of carboxylic acids is 1. The summed E-state index contributed by atoms with van der Waals surface area (Å²) >= 11 is 0. The van der Waals surface area contributed by atoms with E-state index in [9.17, 15) is 4.79 Å². The molecule has 0 unspecified atom stereocenters. The molecule has 0 aliphatic heterocycles. The molecule has 1 heterocycles. The van der Waals surface area contributed by atoms with Gasteiger partial charge in [-0.25, -0.2) is 4.98 Å². The molecule has 0 atom stereocenters. The molecule has 0 radical (unpaired) electrons. The number of ether oxygens (including phenoxy) is 1. The maximum absolute atomic E-state index is 10.8. The minimum absolute atomic E-state index is 0.0943. The van der Waals surface area contributed by atoms with Crippen LogP contribution in [0.3, 0.4) is 0 Å². The maximum atomic E-state index is 10.8. The lowest BCUT2D eigenvalue weighted by molar-refractivity contribution is -0.137. The van der Waals surface area contributed by atoms with Crippen LogP contribution in [-0.2, 0) is 22.7 Å². The molecular formula is C12H14N2O3. The third-order valence-electron chi connectivity index (χ3n) is 2.46. The van der Waals surface area contributed by atoms with E-state index in [0.29, 0.717) is 19.0 Å². The van der Waals surface area contributed by atoms with Gasteiger partial charge in [-0.3, -0.25) is 4.79 Å². The summed E-state index contributed by atoms with van der Waals surface area (Å²) in [6.45, 7) is 2.71. The van der Waals surface area contributed by atoms with Gasteiger partial charge in [0.15, 0.2) is 0 Å². The SMILES string of the molecule is CCOCc1nc2ccccc2n1CC(=O)O. The Kier molecular flexibility index (Phi) is 3.39.